The van der Waals surface area contributed by atoms with Gasteiger partial charge in [0.1, 0.15) is 5.56 Å². The van der Waals surface area contributed by atoms with E-state index in [2.05, 4.69) is 15.0 Å². The first-order valence-corrected chi connectivity index (χ1v) is 10.7. The molecule has 9 heteroatoms. The number of aromatic nitrogens is 3. The molecule has 0 bridgehead atoms. The highest BCUT2D eigenvalue weighted by atomic mass is 16.5. The fourth-order valence-electron chi connectivity index (χ4n) is 3.79. The Hall–Kier alpha value is -4.40. The predicted molar refractivity (Wildman–Crippen MR) is 129 cm³/mol. The van der Waals surface area contributed by atoms with Gasteiger partial charge in [-0.3, -0.25) is 19.3 Å². The first kappa shape index (κ1) is 22.8. The number of hydrogen-bond donors (Lipinski definition) is 3. The van der Waals surface area contributed by atoms with Crippen molar-refractivity contribution in [3.05, 3.63) is 98.3 Å². The number of aromatic amines is 2. The molecule has 34 heavy (non-hydrogen) atoms. The molecule has 0 aliphatic rings. The first-order valence-electron chi connectivity index (χ1n) is 10.7. The number of methoxy groups -OCH3 is 1. The average molecular weight is 460 g/mol. The van der Waals surface area contributed by atoms with Crippen molar-refractivity contribution < 1.29 is 14.6 Å². The highest BCUT2D eigenvalue weighted by Crippen LogP contribution is 2.20. The Balaban J connectivity index is 1.62. The molecule has 174 valence electrons. The number of esters is 1. The van der Waals surface area contributed by atoms with E-state index >= 15 is 0 Å². The molecule has 4 rings (SSSR count). The second-order valence-corrected chi connectivity index (χ2v) is 7.76. The summed E-state index contributed by atoms with van der Waals surface area (Å²) in [7, 11) is 1.26. The topological polar surface area (TPSA) is 130 Å². The Labute approximate surface area is 194 Å². The third-order valence-corrected chi connectivity index (χ3v) is 5.62. The van der Waals surface area contributed by atoms with Crippen molar-refractivity contribution in [3.8, 4) is 5.88 Å². The number of carbonyl (C=O) groups is 1. The SMILES string of the molecule is COC(=O)C(Cc1c[nH]c2ccccc12)N=Cc1c(O)n(CCc2ccccc2)c(=O)[nH]c1=O. The maximum Gasteiger partial charge on any atom is 0.331 e. The van der Waals surface area contributed by atoms with Crippen molar-refractivity contribution in [2.24, 2.45) is 4.99 Å². The molecule has 9 nitrogen and oxygen atoms in total. The zero-order chi connectivity index (χ0) is 24.1. The van der Waals surface area contributed by atoms with Gasteiger partial charge < -0.3 is 14.8 Å². The fraction of sp³-hybridized carbons (Fsp3) is 0.200. The van der Waals surface area contributed by atoms with Gasteiger partial charge in [0, 0.05) is 36.3 Å². The van der Waals surface area contributed by atoms with E-state index in [0.29, 0.717) is 6.42 Å². The summed E-state index contributed by atoms with van der Waals surface area (Å²) in [6, 6.07) is 16.1. The zero-order valence-corrected chi connectivity index (χ0v) is 18.5. The lowest BCUT2D eigenvalue weighted by Gasteiger charge is -2.11. The number of rotatable bonds is 8. The largest absolute Gasteiger partial charge is 0.494 e. The number of hydrogen-bond acceptors (Lipinski definition) is 6. The van der Waals surface area contributed by atoms with E-state index in [1.54, 1.807) is 6.20 Å². The summed E-state index contributed by atoms with van der Waals surface area (Å²) in [5.74, 6) is -1.10. The molecule has 0 aliphatic heterocycles. The number of carbonyl (C=O) groups excluding carboxylic acids is 1. The number of benzene rings is 2. The van der Waals surface area contributed by atoms with Crippen LogP contribution in [0.2, 0.25) is 0 Å². The third-order valence-electron chi connectivity index (χ3n) is 5.62. The van der Waals surface area contributed by atoms with Crippen LogP contribution in [0.15, 0.2) is 75.4 Å². The molecule has 0 radical (unpaired) electrons. The van der Waals surface area contributed by atoms with Gasteiger partial charge in [-0.05, 0) is 23.6 Å². The number of aliphatic imine (C=N–C) groups is 1. The van der Waals surface area contributed by atoms with Gasteiger partial charge in [-0.2, -0.15) is 0 Å². The Bertz CT molecular complexity index is 1450. The molecule has 2 heterocycles. The number of aryl methyl sites for hydroxylation is 1. The van der Waals surface area contributed by atoms with Crippen LogP contribution in [0, 0.1) is 0 Å². The number of para-hydroxylation sites is 1. The molecular weight excluding hydrogens is 436 g/mol. The summed E-state index contributed by atoms with van der Waals surface area (Å²) < 4.78 is 5.96. The lowest BCUT2D eigenvalue weighted by atomic mass is 10.1. The van der Waals surface area contributed by atoms with Crippen LogP contribution in [0.5, 0.6) is 5.88 Å². The van der Waals surface area contributed by atoms with E-state index < -0.39 is 29.1 Å². The molecule has 2 aromatic heterocycles. The summed E-state index contributed by atoms with van der Waals surface area (Å²) in [5, 5.41) is 11.6. The average Bonchev–Trinajstić information content (AvgIpc) is 3.25. The van der Waals surface area contributed by atoms with Crippen LogP contribution in [-0.2, 0) is 28.9 Å². The van der Waals surface area contributed by atoms with Gasteiger partial charge in [0.25, 0.3) is 5.56 Å². The van der Waals surface area contributed by atoms with Gasteiger partial charge >= 0.3 is 11.7 Å². The van der Waals surface area contributed by atoms with Crippen molar-refractivity contribution in [1.82, 2.24) is 14.5 Å². The van der Waals surface area contributed by atoms with Crippen molar-refractivity contribution in [1.29, 1.82) is 0 Å². The molecule has 3 N–H and O–H groups in total. The zero-order valence-electron chi connectivity index (χ0n) is 18.5. The molecule has 1 unspecified atom stereocenters. The van der Waals surface area contributed by atoms with Crippen LogP contribution >= 0.6 is 0 Å². The minimum Gasteiger partial charge on any atom is -0.494 e. The highest BCUT2D eigenvalue weighted by molar-refractivity contribution is 5.87. The van der Waals surface area contributed by atoms with Crippen molar-refractivity contribution in [2.45, 2.75) is 25.4 Å². The number of fused-ring (bicyclic) bond motifs is 1. The fourth-order valence-corrected chi connectivity index (χ4v) is 3.79. The molecule has 0 fully saturated rings. The van der Waals surface area contributed by atoms with Gasteiger partial charge in [0.2, 0.25) is 5.88 Å². The first-order chi connectivity index (χ1) is 16.5. The quantitative estimate of drug-likeness (QED) is 0.274. The molecule has 2 aromatic carbocycles. The highest BCUT2D eigenvalue weighted by Gasteiger charge is 2.21. The van der Waals surface area contributed by atoms with E-state index in [4.69, 9.17) is 4.74 Å². The maximum atomic E-state index is 12.4. The molecule has 0 aliphatic carbocycles. The number of nitrogens with zero attached hydrogens (tertiary/aromatic N) is 2. The van der Waals surface area contributed by atoms with Crippen LogP contribution in [0.1, 0.15) is 16.7 Å². The predicted octanol–water partition coefficient (Wildman–Crippen LogP) is 2.17. The van der Waals surface area contributed by atoms with Crippen LogP contribution in [0.25, 0.3) is 10.9 Å². The lowest BCUT2D eigenvalue weighted by molar-refractivity contribution is -0.142. The van der Waals surface area contributed by atoms with Crippen LogP contribution in [0.4, 0.5) is 0 Å². The second-order valence-electron chi connectivity index (χ2n) is 7.76. The van der Waals surface area contributed by atoms with Crippen LogP contribution in [0.3, 0.4) is 0 Å². The Kier molecular flexibility index (Phi) is 6.72. The number of aromatic hydroxyl groups is 1. The lowest BCUT2D eigenvalue weighted by Crippen LogP contribution is -2.33. The van der Waals surface area contributed by atoms with Crippen molar-refractivity contribution in [2.75, 3.05) is 7.11 Å². The Morgan fingerprint density at radius 1 is 1.15 bits per heavy atom. The normalized spacial score (nSPS) is 12.3. The minimum atomic E-state index is -0.951. The maximum absolute atomic E-state index is 12.4. The summed E-state index contributed by atoms with van der Waals surface area (Å²) >= 11 is 0. The van der Waals surface area contributed by atoms with Crippen LogP contribution < -0.4 is 11.2 Å². The number of H-pyrrole nitrogens is 2. The van der Waals surface area contributed by atoms with Gasteiger partial charge in [-0.25, -0.2) is 9.59 Å². The summed E-state index contributed by atoms with van der Waals surface area (Å²) in [5.41, 5.74) is 1.02. The van der Waals surface area contributed by atoms with Gasteiger partial charge in [0.05, 0.1) is 7.11 Å². The van der Waals surface area contributed by atoms with Gasteiger partial charge in [-0.15, -0.1) is 0 Å². The molecule has 4 aromatic rings. The molecule has 0 saturated heterocycles. The van der Waals surface area contributed by atoms with E-state index in [9.17, 15) is 19.5 Å². The van der Waals surface area contributed by atoms with E-state index in [-0.39, 0.29) is 18.5 Å². The van der Waals surface area contributed by atoms with Crippen molar-refractivity contribution >= 4 is 23.1 Å². The third kappa shape index (κ3) is 4.83. The van der Waals surface area contributed by atoms with Gasteiger partial charge in [0.15, 0.2) is 6.04 Å². The second kappa shape index (κ2) is 10.0. The van der Waals surface area contributed by atoms with E-state index in [0.717, 1.165) is 32.8 Å². The van der Waals surface area contributed by atoms with Gasteiger partial charge in [-0.1, -0.05) is 48.5 Å². The molecule has 0 saturated carbocycles. The molecule has 0 spiro atoms. The van der Waals surface area contributed by atoms with Crippen LogP contribution in [-0.4, -0.2) is 45.0 Å². The summed E-state index contributed by atoms with van der Waals surface area (Å²) in [4.78, 5) is 46.7. The summed E-state index contributed by atoms with van der Waals surface area (Å²) in [6.45, 7) is 0.155. The molecule has 1 atom stereocenters. The van der Waals surface area contributed by atoms with E-state index in [1.807, 2.05) is 54.6 Å². The molecular formula is C25H24N4O5. The monoisotopic (exact) mass is 460 g/mol. The Morgan fingerprint density at radius 3 is 2.65 bits per heavy atom. The smallest absolute Gasteiger partial charge is 0.331 e. The molecule has 0 amide bonds. The van der Waals surface area contributed by atoms with E-state index in [1.165, 1.54) is 7.11 Å². The Morgan fingerprint density at radius 2 is 1.88 bits per heavy atom. The van der Waals surface area contributed by atoms with Crippen molar-refractivity contribution in [3.63, 3.8) is 0 Å². The standard InChI is InChI=1S/C25H24N4O5/c1-34-24(32)21(13-17-14-26-20-10-6-5-9-18(17)20)27-15-19-22(30)28-25(33)29(23(19)31)12-11-16-7-3-2-4-8-16/h2-10,14-15,21,26,31H,11-13H2,1H3,(H,28,30,33). The number of nitrogens with one attached hydrogen (secondary N) is 2. The number of ether oxygens (including phenoxy) is 1. The minimum absolute atomic E-state index is 0.155. The summed E-state index contributed by atoms with van der Waals surface area (Å²) in [6.07, 6.45) is 3.61.